The average molecular weight is 384 g/mol. The van der Waals surface area contributed by atoms with Crippen LogP contribution in [0.15, 0.2) is 64.1 Å². The topological polar surface area (TPSA) is 46.2 Å². The highest BCUT2D eigenvalue weighted by Crippen LogP contribution is 2.25. The van der Waals surface area contributed by atoms with Crippen molar-refractivity contribution in [2.75, 3.05) is 13.1 Å². The summed E-state index contributed by atoms with van der Waals surface area (Å²) in [4.78, 5) is 25.0. The van der Waals surface area contributed by atoms with Crippen LogP contribution in [0.1, 0.15) is 33.2 Å². The van der Waals surface area contributed by atoms with E-state index in [-0.39, 0.29) is 11.6 Å². The highest BCUT2D eigenvalue weighted by Gasteiger charge is 2.28. The van der Waals surface area contributed by atoms with E-state index in [1.807, 2.05) is 12.1 Å². The molecule has 0 unspecified atom stereocenters. The first kappa shape index (κ1) is 16.8. The fraction of sp³-hybridized carbons (Fsp3) is 0.200. The Morgan fingerprint density at radius 1 is 0.917 bits per heavy atom. The molecule has 1 aliphatic rings. The third kappa shape index (κ3) is 3.40. The Hall–Kier alpha value is -2.04. The minimum atomic E-state index is -0.0464. The van der Waals surface area contributed by atoms with Gasteiger partial charge in [0.1, 0.15) is 0 Å². The molecule has 122 valence electrons. The van der Waals surface area contributed by atoms with E-state index in [9.17, 15) is 9.59 Å². The van der Waals surface area contributed by atoms with Crippen LogP contribution in [0.5, 0.6) is 0 Å². The zero-order valence-corrected chi connectivity index (χ0v) is 15.0. The lowest BCUT2D eigenvalue weighted by atomic mass is 9.84. The molecule has 3 rings (SSSR count). The Morgan fingerprint density at radius 3 is 2.21 bits per heavy atom. The summed E-state index contributed by atoms with van der Waals surface area (Å²) < 4.78 is 1.06. The van der Waals surface area contributed by atoms with Crippen LogP contribution in [0.25, 0.3) is 0 Å². The molecule has 4 heteroatoms. The number of benzene rings is 2. The highest BCUT2D eigenvalue weighted by molar-refractivity contribution is 9.10. The zero-order chi connectivity index (χ0) is 17.1. The van der Waals surface area contributed by atoms with Crippen LogP contribution in [0.2, 0.25) is 0 Å². The maximum atomic E-state index is 12.6. The third-order valence-corrected chi connectivity index (χ3v) is 4.82. The Labute approximate surface area is 149 Å². The number of nitrogens with one attached hydrogen (secondary N) is 1. The van der Waals surface area contributed by atoms with E-state index in [0.29, 0.717) is 28.8 Å². The smallest absolute Gasteiger partial charge is 0.191 e. The van der Waals surface area contributed by atoms with Gasteiger partial charge >= 0.3 is 0 Å². The maximum Gasteiger partial charge on any atom is 0.191 e. The summed E-state index contributed by atoms with van der Waals surface area (Å²) >= 11 is 3.42. The average Bonchev–Trinajstić information content (AvgIpc) is 2.60. The number of halogens is 1. The fourth-order valence-electron chi connectivity index (χ4n) is 2.86. The van der Waals surface area contributed by atoms with Crippen LogP contribution in [0, 0.1) is 0 Å². The number of hydrogen-bond acceptors (Lipinski definition) is 3. The number of ketones is 2. The lowest BCUT2D eigenvalue weighted by molar-refractivity contribution is 0.0973. The number of carbonyl (C=O) groups is 2. The van der Waals surface area contributed by atoms with Crippen molar-refractivity contribution in [2.24, 2.45) is 0 Å². The first-order valence-corrected chi connectivity index (χ1v) is 8.70. The molecule has 0 spiro atoms. The zero-order valence-electron chi connectivity index (χ0n) is 13.4. The molecule has 0 amide bonds. The molecule has 0 aliphatic heterocycles. The van der Waals surface area contributed by atoms with Crippen LogP contribution >= 0.6 is 15.9 Å². The van der Waals surface area contributed by atoms with Gasteiger partial charge in [-0.1, -0.05) is 52.3 Å². The van der Waals surface area contributed by atoms with Gasteiger partial charge in [-0.3, -0.25) is 9.59 Å². The molecule has 0 saturated heterocycles. The molecular formula is C20H18BrNO2. The molecular weight excluding hydrogens is 366 g/mol. The van der Waals surface area contributed by atoms with Crippen LogP contribution < -0.4 is 5.32 Å². The molecule has 1 aliphatic carbocycles. The Kier molecular flexibility index (Phi) is 5.07. The maximum absolute atomic E-state index is 12.6. The summed E-state index contributed by atoms with van der Waals surface area (Å²) in [5.41, 5.74) is 3.38. The number of carbonyl (C=O) groups excluding carboxylic acids is 2. The molecule has 0 bridgehead atoms. The van der Waals surface area contributed by atoms with Gasteiger partial charge in [-0.25, -0.2) is 0 Å². The van der Waals surface area contributed by atoms with Crippen molar-refractivity contribution in [1.29, 1.82) is 0 Å². The fourth-order valence-corrected chi connectivity index (χ4v) is 3.13. The van der Waals surface area contributed by atoms with Crippen molar-refractivity contribution >= 4 is 27.5 Å². The van der Waals surface area contributed by atoms with Crippen molar-refractivity contribution in [3.63, 3.8) is 0 Å². The largest absolute Gasteiger partial charge is 0.312 e. The van der Waals surface area contributed by atoms with Gasteiger partial charge in [0.05, 0.1) is 0 Å². The van der Waals surface area contributed by atoms with Gasteiger partial charge in [-0.05, 0) is 37.6 Å². The molecule has 0 atom stereocenters. The molecule has 0 heterocycles. The summed E-state index contributed by atoms with van der Waals surface area (Å²) in [6.07, 6.45) is 0.873. The summed E-state index contributed by atoms with van der Waals surface area (Å²) in [6.45, 7) is 2.91. The molecule has 2 aromatic rings. The lowest BCUT2D eigenvalue weighted by Gasteiger charge is -2.19. The quantitative estimate of drug-likeness (QED) is 0.794. The number of hydrogen-bond donors (Lipinski definition) is 1. The molecule has 2 aromatic carbocycles. The standard InChI is InChI=1S/C20H18BrNO2/c1-13-18(12-22-11-10-14-6-8-15(21)9-7-14)20(24)17-5-3-2-4-16(17)19(13)23/h2-9,22H,10-12H2,1H3. The SMILES string of the molecule is CC1=C(CNCCc2ccc(Br)cc2)C(=O)c2ccccc2C1=O. The van der Waals surface area contributed by atoms with E-state index >= 15 is 0 Å². The third-order valence-electron chi connectivity index (χ3n) is 4.29. The molecule has 24 heavy (non-hydrogen) atoms. The first-order valence-electron chi connectivity index (χ1n) is 7.91. The number of rotatable bonds is 5. The second kappa shape index (κ2) is 7.24. The van der Waals surface area contributed by atoms with Gasteiger partial charge in [0.2, 0.25) is 0 Å². The summed E-state index contributed by atoms with van der Waals surface area (Å²) in [6, 6.07) is 15.2. The second-order valence-corrected chi connectivity index (χ2v) is 6.78. The van der Waals surface area contributed by atoms with E-state index < -0.39 is 0 Å². The van der Waals surface area contributed by atoms with E-state index in [4.69, 9.17) is 0 Å². The van der Waals surface area contributed by atoms with E-state index in [0.717, 1.165) is 17.4 Å². The van der Waals surface area contributed by atoms with E-state index in [1.165, 1.54) is 5.56 Å². The number of fused-ring (bicyclic) bond motifs is 1. The molecule has 3 nitrogen and oxygen atoms in total. The van der Waals surface area contributed by atoms with Crippen molar-refractivity contribution < 1.29 is 9.59 Å². The normalized spacial score (nSPS) is 14.1. The number of allylic oxidation sites excluding steroid dienone is 1. The van der Waals surface area contributed by atoms with Crippen molar-refractivity contribution in [2.45, 2.75) is 13.3 Å². The minimum Gasteiger partial charge on any atom is -0.312 e. The van der Waals surface area contributed by atoms with E-state index in [2.05, 4.69) is 33.4 Å². The van der Waals surface area contributed by atoms with Crippen LogP contribution in [-0.4, -0.2) is 24.7 Å². The Morgan fingerprint density at radius 2 is 1.54 bits per heavy atom. The Balaban J connectivity index is 1.64. The second-order valence-electron chi connectivity index (χ2n) is 5.86. The van der Waals surface area contributed by atoms with Gasteiger partial charge in [-0.15, -0.1) is 0 Å². The van der Waals surface area contributed by atoms with E-state index in [1.54, 1.807) is 31.2 Å². The lowest BCUT2D eigenvalue weighted by Crippen LogP contribution is -2.29. The molecule has 0 aromatic heterocycles. The predicted octanol–water partition coefficient (Wildman–Crippen LogP) is 3.98. The van der Waals surface area contributed by atoms with Crippen molar-refractivity contribution in [3.05, 3.63) is 80.8 Å². The highest BCUT2D eigenvalue weighted by atomic mass is 79.9. The summed E-state index contributed by atoms with van der Waals surface area (Å²) in [7, 11) is 0. The van der Waals surface area contributed by atoms with Gasteiger partial charge < -0.3 is 5.32 Å². The molecule has 0 fully saturated rings. The molecule has 0 radical (unpaired) electrons. The summed E-state index contributed by atoms with van der Waals surface area (Å²) in [5, 5.41) is 3.29. The molecule has 0 saturated carbocycles. The van der Waals surface area contributed by atoms with Gasteiger partial charge in [0, 0.05) is 33.3 Å². The molecule has 1 N–H and O–H groups in total. The van der Waals surface area contributed by atoms with Crippen LogP contribution in [0.3, 0.4) is 0 Å². The minimum absolute atomic E-state index is 0.0427. The first-order chi connectivity index (χ1) is 11.6. The summed E-state index contributed by atoms with van der Waals surface area (Å²) in [5.74, 6) is -0.0891. The van der Waals surface area contributed by atoms with Gasteiger partial charge in [-0.2, -0.15) is 0 Å². The Bertz CT molecular complexity index is 822. The number of Topliss-reactive ketones (excluding diaryl/α,β-unsaturated/α-hetero) is 2. The van der Waals surface area contributed by atoms with Crippen LogP contribution in [-0.2, 0) is 6.42 Å². The predicted molar refractivity (Wildman–Crippen MR) is 98.5 cm³/mol. The van der Waals surface area contributed by atoms with Crippen LogP contribution in [0.4, 0.5) is 0 Å². The van der Waals surface area contributed by atoms with Crippen molar-refractivity contribution in [1.82, 2.24) is 5.32 Å². The monoisotopic (exact) mass is 383 g/mol. The van der Waals surface area contributed by atoms with Gasteiger partial charge in [0.15, 0.2) is 11.6 Å². The van der Waals surface area contributed by atoms with Crippen molar-refractivity contribution in [3.8, 4) is 0 Å². The van der Waals surface area contributed by atoms with Gasteiger partial charge in [0.25, 0.3) is 0 Å².